The first-order chi connectivity index (χ1) is 11.6. The second-order valence-corrected chi connectivity index (χ2v) is 7.07. The van der Waals surface area contributed by atoms with Crippen LogP contribution in [-0.4, -0.2) is 35.4 Å². The molecule has 0 bridgehead atoms. The van der Waals surface area contributed by atoms with Gasteiger partial charge >= 0.3 is 0 Å². The Kier molecular flexibility index (Phi) is 3.63. The lowest BCUT2D eigenvalue weighted by Gasteiger charge is -2.19. The zero-order chi connectivity index (χ0) is 16.7. The number of rotatable bonds is 4. The smallest absolute Gasteiger partial charge is 0.265 e. The molecule has 24 heavy (non-hydrogen) atoms. The number of imide groups is 1. The Morgan fingerprint density at radius 1 is 1.00 bits per heavy atom. The molecule has 1 aliphatic rings. The monoisotopic (exact) mass is 338 g/mol. The van der Waals surface area contributed by atoms with E-state index in [4.69, 9.17) is 0 Å². The zero-order valence-electron chi connectivity index (χ0n) is 13.2. The van der Waals surface area contributed by atoms with Gasteiger partial charge in [0.25, 0.3) is 11.8 Å². The summed E-state index contributed by atoms with van der Waals surface area (Å²) in [5.41, 5.74) is 1.98. The predicted molar refractivity (Wildman–Crippen MR) is 92.0 cm³/mol. The predicted octanol–water partition coefficient (Wildman–Crippen LogP) is 1.56. The summed E-state index contributed by atoms with van der Waals surface area (Å²) in [5.74, 6) is -0.418. The molecule has 2 heterocycles. The molecule has 0 spiro atoms. The Hall–Kier alpha value is -2.57. The summed E-state index contributed by atoms with van der Waals surface area (Å²) in [6, 6.07) is 15.0. The molecule has 1 aliphatic heterocycles. The fraction of sp³-hybridized carbons (Fsp3) is 0.167. The van der Waals surface area contributed by atoms with Crippen molar-refractivity contribution in [2.24, 2.45) is 0 Å². The van der Waals surface area contributed by atoms with Crippen molar-refractivity contribution in [3.8, 4) is 0 Å². The van der Waals surface area contributed by atoms with E-state index in [2.05, 4.69) is 11.1 Å². The van der Waals surface area contributed by atoms with Gasteiger partial charge in [-0.15, -0.1) is 11.3 Å². The quantitative estimate of drug-likeness (QED) is 0.735. The van der Waals surface area contributed by atoms with Crippen LogP contribution in [0.5, 0.6) is 0 Å². The lowest BCUT2D eigenvalue weighted by atomic mass is 10.1. The molecule has 4 rings (SSSR count). The highest BCUT2D eigenvalue weighted by Crippen LogP contribution is 2.22. The van der Waals surface area contributed by atoms with Gasteiger partial charge in [-0.2, -0.15) is 0 Å². The van der Waals surface area contributed by atoms with Gasteiger partial charge in [-0.3, -0.25) is 9.59 Å². The summed E-state index contributed by atoms with van der Waals surface area (Å²) in [7, 11) is 1.97. The average Bonchev–Trinajstić information content (AvgIpc) is 3.09. The van der Waals surface area contributed by atoms with E-state index in [0.717, 1.165) is 20.1 Å². The Morgan fingerprint density at radius 2 is 1.62 bits per heavy atom. The van der Waals surface area contributed by atoms with Crippen molar-refractivity contribution in [1.82, 2.24) is 9.88 Å². The van der Waals surface area contributed by atoms with Gasteiger partial charge in [-0.1, -0.05) is 24.3 Å². The van der Waals surface area contributed by atoms with E-state index >= 15 is 0 Å². The van der Waals surface area contributed by atoms with Crippen LogP contribution in [0.2, 0.25) is 0 Å². The molecule has 2 amide bonds. The first-order valence-electron chi connectivity index (χ1n) is 7.74. The number of benzene rings is 2. The summed E-state index contributed by atoms with van der Waals surface area (Å²) >= 11 is 1.65. The lowest BCUT2D eigenvalue weighted by Crippen LogP contribution is -3.09. The molecular formula is C18H16N3O2S+. The molecular weight excluding hydrogens is 322 g/mol. The second kappa shape index (κ2) is 5.81. The number of carbonyl (C=O) groups excluding carboxylic acids is 2. The number of para-hydroxylation sites is 1. The average molecular weight is 338 g/mol. The van der Waals surface area contributed by atoms with Crippen LogP contribution in [0.4, 0.5) is 0 Å². The largest absolute Gasteiger partial charge is 0.314 e. The Morgan fingerprint density at radius 3 is 2.29 bits per heavy atom. The van der Waals surface area contributed by atoms with E-state index in [9.17, 15) is 9.59 Å². The topological polar surface area (TPSA) is 54.7 Å². The number of aromatic nitrogens is 1. The van der Waals surface area contributed by atoms with Gasteiger partial charge in [0.1, 0.15) is 11.6 Å². The number of quaternary nitrogens is 1. The number of fused-ring (bicyclic) bond motifs is 2. The molecule has 1 N–H and O–H groups in total. The molecule has 3 aromatic rings. The fourth-order valence-corrected chi connectivity index (χ4v) is 4.04. The molecule has 0 saturated carbocycles. The molecule has 0 fully saturated rings. The van der Waals surface area contributed by atoms with Gasteiger partial charge in [0.2, 0.25) is 0 Å². The molecule has 0 radical (unpaired) electrons. The van der Waals surface area contributed by atoms with Crippen molar-refractivity contribution >= 4 is 33.4 Å². The summed E-state index contributed by atoms with van der Waals surface area (Å²) in [5, 5.41) is 1.00. The number of carbonyl (C=O) groups is 2. The maximum absolute atomic E-state index is 12.4. The molecule has 2 aromatic carbocycles. The molecule has 5 nitrogen and oxygen atoms in total. The maximum atomic E-state index is 12.4. The molecule has 120 valence electrons. The van der Waals surface area contributed by atoms with E-state index < -0.39 is 0 Å². The van der Waals surface area contributed by atoms with Crippen molar-refractivity contribution in [3.05, 3.63) is 64.7 Å². The first kappa shape index (κ1) is 15.0. The Labute approximate surface area is 143 Å². The van der Waals surface area contributed by atoms with Gasteiger partial charge in [0, 0.05) is 0 Å². The molecule has 6 heteroatoms. The van der Waals surface area contributed by atoms with E-state index in [1.165, 1.54) is 4.90 Å². The van der Waals surface area contributed by atoms with Crippen molar-refractivity contribution in [2.45, 2.75) is 6.54 Å². The zero-order valence-corrected chi connectivity index (χ0v) is 14.0. The summed E-state index contributed by atoms with van der Waals surface area (Å²) in [6.45, 7) is 1.01. The van der Waals surface area contributed by atoms with Crippen molar-refractivity contribution < 1.29 is 14.5 Å². The Balaban J connectivity index is 1.49. The van der Waals surface area contributed by atoms with Crippen LogP contribution in [0.25, 0.3) is 10.2 Å². The second-order valence-electron chi connectivity index (χ2n) is 5.95. The summed E-state index contributed by atoms with van der Waals surface area (Å²) < 4.78 is 1.15. The lowest BCUT2D eigenvalue weighted by molar-refractivity contribution is -0.901. The molecule has 1 atom stereocenters. The van der Waals surface area contributed by atoms with Gasteiger partial charge in [-0.25, -0.2) is 9.88 Å². The third-order valence-corrected chi connectivity index (χ3v) is 5.13. The number of amides is 2. The summed E-state index contributed by atoms with van der Waals surface area (Å²) in [4.78, 5) is 31.8. The third-order valence-electron chi connectivity index (χ3n) is 4.10. The number of nitrogens with one attached hydrogen (secondary N) is 1. The van der Waals surface area contributed by atoms with Crippen LogP contribution in [0.1, 0.15) is 25.7 Å². The van der Waals surface area contributed by atoms with Gasteiger partial charge in [-0.05, 0) is 24.3 Å². The van der Waals surface area contributed by atoms with Crippen molar-refractivity contribution in [1.29, 1.82) is 0 Å². The number of hydrogen-bond donors (Lipinski definition) is 1. The van der Waals surface area contributed by atoms with Gasteiger partial charge in [0.05, 0.1) is 28.4 Å². The maximum Gasteiger partial charge on any atom is 0.265 e. The standard InChI is InChI=1S/C18H15N3O2S/c1-20(10-16-19-14-8-4-5-9-15(14)24-16)11-21-17(22)12-6-2-3-7-13(12)18(21)23/h2-9H,10-11H2,1H3/p+1. The van der Waals surface area contributed by atoms with Crippen LogP contribution >= 0.6 is 11.3 Å². The van der Waals surface area contributed by atoms with Gasteiger partial charge in [0.15, 0.2) is 6.67 Å². The molecule has 1 unspecified atom stereocenters. The SMILES string of the molecule is C[NH+](Cc1nc2ccccc2s1)CN1C(=O)c2ccccc2C1=O. The molecule has 0 aliphatic carbocycles. The van der Waals surface area contributed by atoms with Crippen molar-refractivity contribution in [2.75, 3.05) is 13.7 Å². The van der Waals surface area contributed by atoms with E-state index in [-0.39, 0.29) is 11.8 Å². The van der Waals surface area contributed by atoms with Crippen LogP contribution in [0.15, 0.2) is 48.5 Å². The van der Waals surface area contributed by atoms with Crippen LogP contribution in [0, 0.1) is 0 Å². The third kappa shape index (κ3) is 2.50. The molecule has 1 aromatic heterocycles. The molecule has 0 saturated heterocycles. The highest BCUT2D eigenvalue weighted by molar-refractivity contribution is 7.18. The normalized spacial score (nSPS) is 15.1. The number of thiazole rings is 1. The minimum Gasteiger partial charge on any atom is -0.314 e. The van der Waals surface area contributed by atoms with Crippen LogP contribution < -0.4 is 4.90 Å². The fourth-order valence-electron chi connectivity index (χ4n) is 2.96. The van der Waals surface area contributed by atoms with Crippen molar-refractivity contribution in [3.63, 3.8) is 0 Å². The van der Waals surface area contributed by atoms with Crippen LogP contribution in [0.3, 0.4) is 0 Å². The Bertz CT molecular complexity index is 882. The van der Waals surface area contributed by atoms with E-state index in [0.29, 0.717) is 24.3 Å². The van der Waals surface area contributed by atoms with Crippen LogP contribution in [-0.2, 0) is 6.54 Å². The highest BCUT2D eigenvalue weighted by Gasteiger charge is 2.36. The first-order valence-corrected chi connectivity index (χ1v) is 8.56. The summed E-state index contributed by atoms with van der Waals surface area (Å²) in [6.07, 6.45) is 0. The minimum atomic E-state index is -0.209. The highest BCUT2D eigenvalue weighted by atomic mass is 32.1. The van der Waals surface area contributed by atoms with E-state index in [1.807, 2.05) is 25.2 Å². The van der Waals surface area contributed by atoms with E-state index in [1.54, 1.807) is 35.6 Å². The number of hydrogen-bond acceptors (Lipinski definition) is 4. The number of nitrogens with zero attached hydrogens (tertiary/aromatic N) is 2. The van der Waals surface area contributed by atoms with Gasteiger partial charge < -0.3 is 4.90 Å². The minimum absolute atomic E-state index is 0.209.